The number of hydrogen-bond acceptors (Lipinski definition) is 2. The summed E-state index contributed by atoms with van der Waals surface area (Å²) in [4.78, 5) is 0. The Morgan fingerprint density at radius 1 is 1.25 bits per heavy atom. The molecule has 0 amide bonds. The van der Waals surface area contributed by atoms with E-state index >= 15 is 0 Å². The third-order valence-electron chi connectivity index (χ3n) is 3.97. The van der Waals surface area contributed by atoms with Crippen LogP contribution in [-0.2, 0) is 10.2 Å². The van der Waals surface area contributed by atoms with Gasteiger partial charge in [0.15, 0.2) is 0 Å². The Morgan fingerprint density at radius 2 is 1.95 bits per heavy atom. The summed E-state index contributed by atoms with van der Waals surface area (Å²) in [6, 6.07) is 3.92. The molecule has 4 heteroatoms. The summed E-state index contributed by atoms with van der Waals surface area (Å²) in [7, 11) is 0. The lowest BCUT2D eigenvalue weighted by atomic mass is 9.73. The van der Waals surface area contributed by atoms with E-state index in [-0.39, 0.29) is 5.41 Å². The van der Waals surface area contributed by atoms with Gasteiger partial charge in [0.1, 0.15) is 11.6 Å². The van der Waals surface area contributed by atoms with Crippen molar-refractivity contribution < 1.29 is 13.5 Å². The van der Waals surface area contributed by atoms with E-state index in [9.17, 15) is 8.78 Å². The minimum absolute atomic E-state index is 0.287. The van der Waals surface area contributed by atoms with Crippen molar-refractivity contribution in [2.45, 2.75) is 32.1 Å². The average molecular weight is 283 g/mol. The van der Waals surface area contributed by atoms with Crippen molar-refractivity contribution in [3.63, 3.8) is 0 Å². The molecular weight excluding hydrogens is 260 g/mol. The first-order valence-electron chi connectivity index (χ1n) is 7.27. The zero-order chi connectivity index (χ0) is 14.6. The highest BCUT2D eigenvalue weighted by Gasteiger charge is 2.36. The van der Waals surface area contributed by atoms with Crippen molar-refractivity contribution in [3.8, 4) is 0 Å². The zero-order valence-electron chi connectivity index (χ0n) is 12.2. The van der Waals surface area contributed by atoms with Gasteiger partial charge in [0, 0.05) is 31.2 Å². The molecule has 0 saturated carbocycles. The van der Waals surface area contributed by atoms with Gasteiger partial charge in [-0.1, -0.05) is 19.9 Å². The molecule has 1 N–H and O–H groups in total. The van der Waals surface area contributed by atoms with Crippen LogP contribution >= 0.6 is 0 Å². The number of benzene rings is 1. The Kier molecular flexibility index (Phi) is 5.11. The van der Waals surface area contributed by atoms with Crippen LogP contribution in [0.1, 0.15) is 32.3 Å². The molecule has 0 spiro atoms. The lowest BCUT2D eigenvalue weighted by Gasteiger charge is -2.38. The Hall–Kier alpha value is -1.00. The number of rotatable bonds is 5. The SMILES string of the molecule is CC(C)CNCC1(c2ccc(F)cc2F)CCOCC1. The second kappa shape index (κ2) is 6.64. The quantitative estimate of drug-likeness (QED) is 0.895. The predicted octanol–water partition coefficient (Wildman–Crippen LogP) is 3.26. The second-order valence-corrected chi connectivity index (χ2v) is 6.04. The van der Waals surface area contributed by atoms with E-state index in [4.69, 9.17) is 4.74 Å². The van der Waals surface area contributed by atoms with Gasteiger partial charge in [0.25, 0.3) is 0 Å². The molecular formula is C16H23F2NO. The van der Waals surface area contributed by atoms with Crippen molar-refractivity contribution in [2.24, 2.45) is 5.92 Å². The summed E-state index contributed by atoms with van der Waals surface area (Å²) >= 11 is 0. The topological polar surface area (TPSA) is 21.3 Å². The van der Waals surface area contributed by atoms with Crippen LogP contribution in [0.3, 0.4) is 0 Å². The van der Waals surface area contributed by atoms with E-state index in [1.807, 2.05) is 0 Å². The van der Waals surface area contributed by atoms with Crippen molar-refractivity contribution in [1.29, 1.82) is 0 Å². The van der Waals surface area contributed by atoms with Crippen molar-refractivity contribution in [1.82, 2.24) is 5.32 Å². The molecule has 1 aliphatic heterocycles. The maximum absolute atomic E-state index is 14.2. The Morgan fingerprint density at radius 3 is 2.55 bits per heavy atom. The fourth-order valence-corrected chi connectivity index (χ4v) is 2.82. The van der Waals surface area contributed by atoms with Crippen LogP contribution in [0.5, 0.6) is 0 Å². The largest absolute Gasteiger partial charge is 0.381 e. The lowest BCUT2D eigenvalue weighted by molar-refractivity contribution is 0.0484. The Bertz CT molecular complexity index is 442. The normalized spacial score (nSPS) is 18.4. The van der Waals surface area contributed by atoms with E-state index < -0.39 is 11.6 Å². The summed E-state index contributed by atoms with van der Waals surface area (Å²) in [6.45, 7) is 7.13. The van der Waals surface area contributed by atoms with Gasteiger partial charge >= 0.3 is 0 Å². The number of nitrogens with one attached hydrogen (secondary N) is 1. The molecule has 0 unspecified atom stereocenters. The second-order valence-electron chi connectivity index (χ2n) is 6.04. The smallest absolute Gasteiger partial charge is 0.129 e. The number of hydrogen-bond donors (Lipinski definition) is 1. The van der Waals surface area contributed by atoms with Crippen LogP contribution in [0.2, 0.25) is 0 Å². The first kappa shape index (κ1) is 15.4. The summed E-state index contributed by atoms with van der Waals surface area (Å²) in [5.74, 6) is -0.424. The average Bonchev–Trinajstić information content (AvgIpc) is 2.39. The first-order valence-corrected chi connectivity index (χ1v) is 7.27. The molecule has 0 radical (unpaired) electrons. The van der Waals surface area contributed by atoms with Crippen LogP contribution in [0.4, 0.5) is 8.78 Å². The molecule has 1 fully saturated rings. The van der Waals surface area contributed by atoms with Gasteiger partial charge in [-0.25, -0.2) is 8.78 Å². The van der Waals surface area contributed by atoms with Crippen molar-refractivity contribution >= 4 is 0 Å². The van der Waals surface area contributed by atoms with Crippen LogP contribution in [0.15, 0.2) is 18.2 Å². The Balaban J connectivity index is 2.21. The minimum atomic E-state index is -0.524. The molecule has 2 rings (SSSR count). The van der Waals surface area contributed by atoms with Gasteiger partial charge in [-0.2, -0.15) is 0 Å². The zero-order valence-corrected chi connectivity index (χ0v) is 12.2. The maximum atomic E-state index is 14.2. The highest BCUT2D eigenvalue weighted by Crippen LogP contribution is 2.36. The van der Waals surface area contributed by atoms with Gasteiger partial charge in [0.05, 0.1) is 0 Å². The molecule has 1 aliphatic rings. The monoisotopic (exact) mass is 283 g/mol. The number of ether oxygens (including phenoxy) is 1. The van der Waals surface area contributed by atoms with E-state index in [0.717, 1.165) is 25.5 Å². The Labute approximate surface area is 119 Å². The van der Waals surface area contributed by atoms with Gasteiger partial charge in [0.2, 0.25) is 0 Å². The third kappa shape index (κ3) is 3.55. The molecule has 1 aromatic rings. The molecule has 1 heterocycles. The van der Waals surface area contributed by atoms with Crippen LogP contribution in [-0.4, -0.2) is 26.3 Å². The molecule has 0 aromatic heterocycles. The molecule has 0 atom stereocenters. The van der Waals surface area contributed by atoms with Crippen LogP contribution in [0.25, 0.3) is 0 Å². The molecule has 1 saturated heterocycles. The molecule has 0 bridgehead atoms. The summed E-state index contributed by atoms with van der Waals surface area (Å²) < 4.78 is 32.7. The standard InChI is InChI=1S/C16H23F2NO/c1-12(2)10-19-11-16(5-7-20-8-6-16)14-4-3-13(17)9-15(14)18/h3-4,9,12,19H,5-8,10-11H2,1-2H3. The molecule has 112 valence electrons. The summed E-state index contributed by atoms with van der Waals surface area (Å²) in [5, 5.41) is 3.42. The van der Waals surface area contributed by atoms with E-state index in [0.29, 0.717) is 31.2 Å². The molecule has 2 nitrogen and oxygen atoms in total. The van der Waals surface area contributed by atoms with Gasteiger partial charge in [-0.05, 0) is 36.9 Å². The third-order valence-corrected chi connectivity index (χ3v) is 3.97. The molecule has 0 aliphatic carbocycles. The van der Waals surface area contributed by atoms with E-state index in [1.165, 1.54) is 6.07 Å². The van der Waals surface area contributed by atoms with Crippen LogP contribution < -0.4 is 5.32 Å². The number of halogens is 2. The fourth-order valence-electron chi connectivity index (χ4n) is 2.82. The van der Waals surface area contributed by atoms with E-state index in [1.54, 1.807) is 6.07 Å². The summed E-state index contributed by atoms with van der Waals surface area (Å²) in [5.41, 5.74) is 0.323. The first-order chi connectivity index (χ1) is 9.53. The highest BCUT2D eigenvalue weighted by atomic mass is 19.1. The van der Waals surface area contributed by atoms with Crippen molar-refractivity contribution in [2.75, 3.05) is 26.3 Å². The van der Waals surface area contributed by atoms with Gasteiger partial charge in [-0.3, -0.25) is 0 Å². The predicted molar refractivity (Wildman–Crippen MR) is 75.8 cm³/mol. The highest BCUT2D eigenvalue weighted by molar-refractivity contribution is 5.29. The van der Waals surface area contributed by atoms with Gasteiger partial charge in [-0.15, -0.1) is 0 Å². The summed E-state index contributed by atoms with van der Waals surface area (Å²) in [6.07, 6.45) is 1.53. The fraction of sp³-hybridized carbons (Fsp3) is 0.625. The maximum Gasteiger partial charge on any atom is 0.129 e. The van der Waals surface area contributed by atoms with Gasteiger partial charge < -0.3 is 10.1 Å². The molecule has 1 aromatic carbocycles. The minimum Gasteiger partial charge on any atom is -0.381 e. The molecule has 20 heavy (non-hydrogen) atoms. The lowest BCUT2D eigenvalue weighted by Crippen LogP contribution is -2.44. The van der Waals surface area contributed by atoms with E-state index in [2.05, 4.69) is 19.2 Å². The van der Waals surface area contributed by atoms with Crippen LogP contribution in [0, 0.1) is 17.6 Å². The van der Waals surface area contributed by atoms with Crippen molar-refractivity contribution in [3.05, 3.63) is 35.4 Å².